The number of pyridine rings is 1. The van der Waals surface area contributed by atoms with Crippen LogP contribution in [0.4, 0.5) is 0 Å². The van der Waals surface area contributed by atoms with Gasteiger partial charge in [-0.1, -0.05) is 13.8 Å². The Morgan fingerprint density at radius 3 is 2.44 bits per heavy atom. The van der Waals surface area contributed by atoms with E-state index in [4.69, 9.17) is 5.73 Å². The molecule has 0 saturated carbocycles. The summed E-state index contributed by atoms with van der Waals surface area (Å²) in [6.45, 7) is 4.56. The maximum Gasteiger partial charge on any atom is 0.251 e. The molecule has 0 atom stereocenters. The van der Waals surface area contributed by atoms with Gasteiger partial charge >= 0.3 is 0 Å². The molecule has 1 aromatic rings. The van der Waals surface area contributed by atoms with Gasteiger partial charge < -0.3 is 11.1 Å². The highest BCUT2D eigenvalue weighted by atomic mass is 16.1. The van der Waals surface area contributed by atoms with E-state index >= 15 is 0 Å². The summed E-state index contributed by atoms with van der Waals surface area (Å²) in [5.74, 6) is -0.0980. The lowest BCUT2D eigenvalue weighted by atomic mass is 9.94. The maximum atomic E-state index is 11.7. The van der Waals surface area contributed by atoms with Crippen LogP contribution in [0.3, 0.4) is 0 Å². The smallest absolute Gasteiger partial charge is 0.251 e. The Bertz CT molecular complexity index is 333. The fourth-order valence-electron chi connectivity index (χ4n) is 1.36. The van der Waals surface area contributed by atoms with Crippen LogP contribution >= 0.6 is 0 Å². The standard InChI is InChI=1S/C12H19N3O/c1-3-12(13,4-2)9-15-11(16)10-5-7-14-8-6-10/h5-8H,3-4,9,13H2,1-2H3,(H,15,16). The van der Waals surface area contributed by atoms with Crippen molar-refractivity contribution in [2.75, 3.05) is 6.54 Å². The predicted octanol–water partition coefficient (Wildman–Crippen LogP) is 1.33. The quantitative estimate of drug-likeness (QED) is 0.788. The van der Waals surface area contributed by atoms with Crippen LogP contribution in [-0.2, 0) is 0 Å². The van der Waals surface area contributed by atoms with Gasteiger partial charge in [-0.2, -0.15) is 0 Å². The summed E-state index contributed by atoms with van der Waals surface area (Å²) >= 11 is 0. The lowest BCUT2D eigenvalue weighted by molar-refractivity contribution is 0.0942. The zero-order valence-electron chi connectivity index (χ0n) is 9.86. The molecule has 0 bridgehead atoms. The highest BCUT2D eigenvalue weighted by molar-refractivity contribution is 5.94. The number of hydrogen-bond acceptors (Lipinski definition) is 3. The van der Waals surface area contributed by atoms with Gasteiger partial charge in [-0.15, -0.1) is 0 Å². The van der Waals surface area contributed by atoms with Gasteiger partial charge in [0.25, 0.3) is 5.91 Å². The van der Waals surface area contributed by atoms with Gasteiger partial charge in [0.05, 0.1) is 0 Å². The van der Waals surface area contributed by atoms with Crippen LogP contribution in [0.1, 0.15) is 37.0 Å². The number of rotatable bonds is 5. The highest BCUT2D eigenvalue weighted by Crippen LogP contribution is 2.09. The van der Waals surface area contributed by atoms with E-state index in [-0.39, 0.29) is 11.4 Å². The van der Waals surface area contributed by atoms with Gasteiger partial charge in [0.15, 0.2) is 0 Å². The first kappa shape index (κ1) is 12.6. The summed E-state index contributed by atoms with van der Waals surface area (Å²) < 4.78 is 0. The molecule has 0 spiro atoms. The van der Waals surface area contributed by atoms with Crippen molar-refractivity contribution in [2.24, 2.45) is 5.73 Å². The Kier molecular flexibility index (Phi) is 4.43. The molecule has 1 rings (SSSR count). The summed E-state index contributed by atoms with van der Waals surface area (Å²) in [6, 6.07) is 3.37. The van der Waals surface area contributed by atoms with E-state index in [1.807, 2.05) is 13.8 Å². The zero-order valence-corrected chi connectivity index (χ0v) is 9.86. The van der Waals surface area contributed by atoms with E-state index in [0.717, 1.165) is 12.8 Å². The normalized spacial score (nSPS) is 11.2. The third-order valence-corrected chi connectivity index (χ3v) is 2.95. The van der Waals surface area contributed by atoms with E-state index in [1.165, 1.54) is 0 Å². The van der Waals surface area contributed by atoms with Crippen molar-refractivity contribution in [2.45, 2.75) is 32.2 Å². The fourth-order valence-corrected chi connectivity index (χ4v) is 1.36. The largest absolute Gasteiger partial charge is 0.350 e. The molecule has 1 amide bonds. The first-order chi connectivity index (χ1) is 7.61. The molecule has 0 aliphatic carbocycles. The average Bonchev–Trinajstić information content (AvgIpc) is 2.36. The predicted molar refractivity (Wildman–Crippen MR) is 64.1 cm³/mol. The van der Waals surface area contributed by atoms with E-state index in [0.29, 0.717) is 12.1 Å². The monoisotopic (exact) mass is 221 g/mol. The molecule has 1 heterocycles. The SMILES string of the molecule is CCC(N)(CC)CNC(=O)c1ccncc1. The summed E-state index contributed by atoms with van der Waals surface area (Å²) in [4.78, 5) is 15.6. The van der Waals surface area contributed by atoms with Crippen molar-refractivity contribution < 1.29 is 4.79 Å². The van der Waals surface area contributed by atoms with Crippen molar-refractivity contribution in [1.29, 1.82) is 0 Å². The molecule has 0 radical (unpaired) electrons. The van der Waals surface area contributed by atoms with Gasteiger partial charge in [0, 0.05) is 30.0 Å². The molecule has 0 aliphatic heterocycles. The second-order valence-corrected chi connectivity index (χ2v) is 3.99. The second kappa shape index (κ2) is 5.61. The molecule has 4 heteroatoms. The molecular weight excluding hydrogens is 202 g/mol. The maximum absolute atomic E-state index is 11.7. The molecule has 1 aromatic heterocycles. The Balaban J connectivity index is 2.54. The summed E-state index contributed by atoms with van der Waals surface area (Å²) in [5, 5.41) is 2.85. The van der Waals surface area contributed by atoms with Crippen molar-refractivity contribution in [3.05, 3.63) is 30.1 Å². The molecule has 3 N–H and O–H groups in total. The van der Waals surface area contributed by atoms with Gasteiger partial charge in [-0.25, -0.2) is 0 Å². The minimum Gasteiger partial charge on any atom is -0.350 e. The number of hydrogen-bond donors (Lipinski definition) is 2. The number of nitrogens with one attached hydrogen (secondary N) is 1. The zero-order chi connectivity index (χ0) is 12.0. The Hall–Kier alpha value is -1.42. The second-order valence-electron chi connectivity index (χ2n) is 3.99. The number of nitrogens with two attached hydrogens (primary N) is 1. The minimum absolute atomic E-state index is 0.0980. The Morgan fingerprint density at radius 2 is 1.94 bits per heavy atom. The van der Waals surface area contributed by atoms with E-state index in [1.54, 1.807) is 24.5 Å². The van der Waals surface area contributed by atoms with Crippen LogP contribution < -0.4 is 11.1 Å². The van der Waals surface area contributed by atoms with Crippen LogP contribution in [-0.4, -0.2) is 23.0 Å². The van der Waals surface area contributed by atoms with Crippen molar-refractivity contribution >= 4 is 5.91 Å². The molecule has 88 valence electrons. The Morgan fingerprint density at radius 1 is 1.38 bits per heavy atom. The molecule has 0 aromatic carbocycles. The van der Waals surface area contributed by atoms with Crippen molar-refractivity contribution in [1.82, 2.24) is 10.3 Å². The first-order valence-electron chi connectivity index (χ1n) is 5.58. The van der Waals surface area contributed by atoms with Gasteiger partial charge in [0.1, 0.15) is 0 Å². The fraction of sp³-hybridized carbons (Fsp3) is 0.500. The molecule has 4 nitrogen and oxygen atoms in total. The molecular formula is C12H19N3O. The summed E-state index contributed by atoms with van der Waals surface area (Å²) in [6.07, 6.45) is 4.90. The number of carbonyl (C=O) groups excluding carboxylic acids is 1. The topological polar surface area (TPSA) is 68.0 Å². The van der Waals surface area contributed by atoms with Crippen molar-refractivity contribution in [3.63, 3.8) is 0 Å². The lowest BCUT2D eigenvalue weighted by Gasteiger charge is -2.26. The van der Waals surface area contributed by atoms with Crippen LogP contribution in [0, 0.1) is 0 Å². The molecule has 16 heavy (non-hydrogen) atoms. The lowest BCUT2D eigenvalue weighted by Crippen LogP contribution is -2.49. The average molecular weight is 221 g/mol. The van der Waals surface area contributed by atoms with Crippen LogP contribution in [0.25, 0.3) is 0 Å². The number of aromatic nitrogens is 1. The van der Waals surface area contributed by atoms with Crippen LogP contribution in [0.5, 0.6) is 0 Å². The van der Waals surface area contributed by atoms with Crippen molar-refractivity contribution in [3.8, 4) is 0 Å². The minimum atomic E-state index is -0.303. The first-order valence-corrected chi connectivity index (χ1v) is 5.58. The summed E-state index contributed by atoms with van der Waals surface area (Å²) in [7, 11) is 0. The van der Waals surface area contributed by atoms with Gasteiger partial charge in [-0.05, 0) is 25.0 Å². The van der Waals surface area contributed by atoms with E-state index < -0.39 is 0 Å². The number of carbonyl (C=O) groups is 1. The Labute approximate surface area is 96.3 Å². The highest BCUT2D eigenvalue weighted by Gasteiger charge is 2.20. The summed E-state index contributed by atoms with van der Waals surface area (Å²) in [5.41, 5.74) is 6.41. The van der Waals surface area contributed by atoms with Gasteiger partial charge in [-0.3, -0.25) is 9.78 Å². The molecule has 0 fully saturated rings. The number of nitrogens with zero attached hydrogens (tertiary/aromatic N) is 1. The van der Waals surface area contributed by atoms with Gasteiger partial charge in [0.2, 0.25) is 0 Å². The number of amides is 1. The third kappa shape index (κ3) is 3.31. The molecule has 0 unspecified atom stereocenters. The third-order valence-electron chi connectivity index (χ3n) is 2.95. The molecule has 0 aliphatic rings. The van der Waals surface area contributed by atoms with E-state index in [2.05, 4.69) is 10.3 Å². The molecule has 0 saturated heterocycles. The van der Waals surface area contributed by atoms with E-state index in [9.17, 15) is 4.79 Å². The van der Waals surface area contributed by atoms with Crippen LogP contribution in [0.15, 0.2) is 24.5 Å². The van der Waals surface area contributed by atoms with Crippen LogP contribution in [0.2, 0.25) is 0 Å².